The lowest BCUT2D eigenvalue weighted by atomic mass is 10.1. The molecule has 1 saturated heterocycles. The lowest BCUT2D eigenvalue weighted by Crippen LogP contribution is -2.35. The Morgan fingerprint density at radius 1 is 1.22 bits per heavy atom. The van der Waals surface area contributed by atoms with E-state index >= 15 is 0 Å². The Balaban J connectivity index is 1.28. The number of alkyl halides is 3. The van der Waals surface area contributed by atoms with Gasteiger partial charge in [-0.2, -0.15) is 5.26 Å². The molecule has 37 heavy (non-hydrogen) atoms. The van der Waals surface area contributed by atoms with Crippen LogP contribution in [-0.2, 0) is 24.4 Å². The number of likely N-dealkylation sites (tertiary alicyclic amines) is 1. The molecule has 194 valence electrons. The maximum atomic E-state index is 12.6. The largest absolute Gasteiger partial charge is 0.573 e. The highest BCUT2D eigenvalue weighted by atomic mass is 19.4. The lowest BCUT2D eigenvalue weighted by Gasteiger charge is -2.18. The Morgan fingerprint density at radius 3 is 2.70 bits per heavy atom. The molecular formula is C26H26F3N5O3. The quantitative estimate of drug-likeness (QED) is 0.477. The van der Waals surface area contributed by atoms with Crippen molar-refractivity contribution < 1.29 is 27.4 Å². The summed E-state index contributed by atoms with van der Waals surface area (Å²) in [7, 11) is 0. The number of aromatic nitrogens is 2. The summed E-state index contributed by atoms with van der Waals surface area (Å²) in [5.41, 5.74) is 2.78. The first-order valence-corrected chi connectivity index (χ1v) is 11.7. The first-order valence-electron chi connectivity index (χ1n) is 11.7. The fourth-order valence-electron chi connectivity index (χ4n) is 4.16. The number of nitrogens with zero attached hydrogens (tertiary/aromatic N) is 4. The summed E-state index contributed by atoms with van der Waals surface area (Å²) in [6.07, 6.45) is -2.89. The Kier molecular flexibility index (Phi) is 7.98. The zero-order valence-electron chi connectivity index (χ0n) is 20.2. The van der Waals surface area contributed by atoms with Crippen LogP contribution in [0.5, 0.6) is 5.75 Å². The summed E-state index contributed by atoms with van der Waals surface area (Å²) in [5.74, 6) is 0.476. The minimum Gasteiger partial charge on any atom is -0.444 e. The second-order valence-corrected chi connectivity index (χ2v) is 8.71. The van der Waals surface area contributed by atoms with Crippen LogP contribution in [0, 0.1) is 18.3 Å². The van der Waals surface area contributed by atoms with E-state index in [4.69, 9.17) is 10.00 Å². The summed E-state index contributed by atoms with van der Waals surface area (Å²) in [6.45, 7) is 3.67. The van der Waals surface area contributed by atoms with E-state index in [0.29, 0.717) is 38.2 Å². The van der Waals surface area contributed by atoms with Crippen molar-refractivity contribution >= 4 is 6.09 Å². The highest BCUT2D eigenvalue weighted by Gasteiger charge is 2.32. The smallest absolute Gasteiger partial charge is 0.444 e. The Labute approximate surface area is 212 Å². The van der Waals surface area contributed by atoms with E-state index in [-0.39, 0.29) is 18.2 Å². The van der Waals surface area contributed by atoms with Gasteiger partial charge in [-0.25, -0.2) is 9.78 Å². The van der Waals surface area contributed by atoms with Crippen molar-refractivity contribution in [2.45, 2.75) is 45.4 Å². The number of carbonyl (C=O) groups excluding carboxylic acids is 1. The molecule has 0 aliphatic carbocycles. The second kappa shape index (κ2) is 11.3. The van der Waals surface area contributed by atoms with Crippen LogP contribution in [0.2, 0.25) is 0 Å². The minimum absolute atomic E-state index is 0.0342. The van der Waals surface area contributed by atoms with Crippen molar-refractivity contribution in [2.24, 2.45) is 0 Å². The van der Waals surface area contributed by atoms with E-state index in [9.17, 15) is 18.0 Å². The molecular weight excluding hydrogens is 487 g/mol. The molecule has 11 heteroatoms. The molecule has 1 fully saturated rings. The van der Waals surface area contributed by atoms with Crippen LogP contribution in [0.15, 0.2) is 54.7 Å². The van der Waals surface area contributed by atoms with Crippen LogP contribution in [0.25, 0.3) is 0 Å². The van der Waals surface area contributed by atoms with Gasteiger partial charge in [0.1, 0.15) is 18.2 Å². The maximum absolute atomic E-state index is 12.6. The average molecular weight is 514 g/mol. The molecule has 0 unspecified atom stereocenters. The number of imidazole rings is 1. The zero-order valence-corrected chi connectivity index (χ0v) is 20.2. The molecule has 1 amide bonds. The average Bonchev–Trinajstić information content (AvgIpc) is 3.48. The number of para-hydroxylation sites is 1. The number of amides is 1. The standard InChI is InChI=1S/C26H26F3N5O3/c1-18-31-13-23(34(18)15-20-8-6-19(12-30)7-9-20)14-32-22-10-11-33(16-22)25(35)36-17-21-4-2-3-5-24(21)37-26(27,28)29/h2-9,13,22,32H,10-11,14-17H2,1H3/t22-/m0/s1. The fraction of sp³-hybridized carbons (Fsp3) is 0.346. The predicted molar refractivity (Wildman–Crippen MR) is 127 cm³/mol. The number of hydrogen-bond acceptors (Lipinski definition) is 6. The molecule has 3 aromatic rings. The molecule has 0 radical (unpaired) electrons. The molecule has 0 bridgehead atoms. The summed E-state index contributed by atoms with van der Waals surface area (Å²) < 4.78 is 49.2. The van der Waals surface area contributed by atoms with Crippen LogP contribution >= 0.6 is 0 Å². The molecule has 1 aliphatic rings. The van der Waals surface area contributed by atoms with Crippen molar-refractivity contribution in [1.29, 1.82) is 5.26 Å². The van der Waals surface area contributed by atoms with Gasteiger partial charge in [-0.3, -0.25) is 0 Å². The molecule has 0 saturated carbocycles. The van der Waals surface area contributed by atoms with E-state index in [1.165, 1.54) is 23.1 Å². The third-order valence-electron chi connectivity index (χ3n) is 6.13. The SMILES string of the molecule is Cc1ncc(CN[C@H]2CCN(C(=O)OCc3ccccc3OC(F)(F)F)C2)n1Cc1ccc(C#N)cc1. The van der Waals surface area contributed by atoms with Gasteiger partial charge < -0.3 is 24.3 Å². The summed E-state index contributed by atoms with van der Waals surface area (Å²) in [6, 6.07) is 15.1. The Hall–Kier alpha value is -4.04. The number of halogens is 3. The first-order chi connectivity index (χ1) is 17.7. The third-order valence-corrected chi connectivity index (χ3v) is 6.13. The van der Waals surface area contributed by atoms with E-state index in [2.05, 4.69) is 25.7 Å². The van der Waals surface area contributed by atoms with E-state index < -0.39 is 18.2 Å². The number of carbonyl (C=O) groups is 1. The van der Waals surface area contributed by atoms with Crippen LogP contribution in [0.4, 0.5) is 18.0 Å². The van der Waals surface area contributed by atoms with Crippen molar-refractivity contribution in [3.05, 3.63) is 82.9 Å². The van der Waals surface area contributed by atoms with Crippen LogP contribution in [0.1, 0.15) is 34.6 Å². The van der Waals surface area contributed by atoms with Gasteiger partial charge in [0.25, 0.3) is 0 Å². The minimum atomic E-state index is -4.83. The third kappa shape index (κ3) is 7.01. The van der Waals surface area contributed by atoms with Gasteiger partial charge in [0.2, 0.25) is 0 Å². The van der Waals surface area contributed by atoms with Gasteiger partial charge >= 0.3 is 12.5 Å². The van der Waals surface area contributed by atoms with Crippen LogP contribution in [-0.4, -0.2) is 46.0 Å². The summed E-state index contributed by atoms with van der Waals surface area (Å²) in [5, 5.41) is 12.4. The molecule has 1 N–H and O–H groups in total. The van der Waals surface area contributed by atoms with Crippen molar-refractivity contribution in [1.82, 2.24) is 19.8 Å². The first kappa shape index (κ1) is 26.0. The molecule has 1 aliphatic heterocycles. The Morgan fingerprint density at radius 2 is 1.97 bits per heavy atom. The molecule has 1 aromatic heterocycles. The molecule has 1 atom stereocenters. The van der Waals surface area contributed by atoms with Gasteiger partial charge in [0, 0.05) is 44.0 Å². The number of benzene rings is 2. The summed E-state index contributed by atoms with van der Waals surface area (Å²) in [4.78, 5) is 18.5. The lowest BCUT2D eigenvalue weighted by molar-refractivity contribution is -0.275. The number of nitrogens with one attached hydrogen (secondary N) is 1. The highest BCUT2D eigenvalue weighted by Crippen LogP contribution is 2.27. The maximum Gasteiger partial charge on any atom is 0.573 e. The number of hydrogen-bond donors (Lipinski definition) is 1. The van der Waals surface area contributed by atoms with Crippen LogP contribution < -0.4 is 10.1 Å². The predicted octanol–water partition coefficient (Wildman–Crippen LogP) is 4.51. The van der Waals surface area contributed by atoms with Gasteiger partial charge in [0.05, 0.1) is 17.3 Å². The van der Waals surface area contributed by atoms with E-state index in [0.717, 1.165) is 17.1 Å². The van der Waals surface area contributed by atoms with Crippen molar-refractivity contribution in [2.75, 3.05) is 13.1 Å². The van der Waals surface area contributed by atoms with E-state index in [1.54, 1.807) is 18.2 Å². The van der Waals surface area contributed by atoms with Crippen molar-refractivity contribution in [3.63, 3.8) is 0 Å². The number of aryl methyl sites for hydroxylation is 1. The molecule has 2 heterocycles. The number of nitriles is 1. The van der Waals surface area contributed by atoms with Gasteiger partial charge in [0.15, 0.2) is 0 Å². The number of rotatable bonds is 8. The van der Waals surface area contributed by atoms with Crippen molar-refractivity contribution in [3.8, 4) is 11.8 Å². The topological polar surface area (TPSA) is 92.4 Å². The van der Waals surface area contributed by atoms with Crippen LogP contribution in [0.3, 0.4) is 0 Å². The molecule has 8 nitrogen and oxygen atoms in total. The fourth-order valence-corrected chi connectivity index (χ4v) is 4.16. The van der Waals surface area contributed by atoms with Gasteiger partial charge in [-0.15, -0.1) is 13.2 Å². The van der Waals surface area contributed by atoms with Gasteiger partial charge in [-0.05, 0) is 37.1 Å². The van der Waals surface area contributed by atoms with Gasteiger partial charge in [-0.1, -0.05) is 30.3 Å². The molecule has 4 rings (SSSR count). The normalized spacial score (nSPS) is 15.4. The monoisotopic (exact) mass is 513 g/mol. The molecule has 2 aromatic carbocycles. The second-order valence-electron chi connectivity index (χ2n) is 8.71. The van der Waals surface area contributed by atoms with E-state index in [1.807, 2.05) is 25.3 Å². The highest BCUT2D eigenvalue weighted by molar-refractivity contribution is 5.68. The summed E-state index contributed by atoms with van der Waals surface area (Å²) >= 11 is 0. The molecule has 0 spiro atoms. The number of ether oxygens (including phenoxy) is 2. The Bertz CT molecular complexity index is 1270. The zero-order chi connectivity index (χ0) is 26.4.